The second kappa shape index (κ2) is 6.87. The third-order valence-corrected chi connectivity index (χ3v) is 3.52. The molecule has 0 aromatic carbocycles. The molecule has 1 aromatic rings. The maximum atomic E-state index is 12.3. The first-order valence-electron chi connectivity index (χ1n) is 6.81. The van der Waals surface area contributed by atoms with Gasteiger partial charge in [-0.15, -0.1) is 0 Å². The summed E-state index contributed by atoms with van der Waals surface area (Å²) in [5.41, 5.74) is 0.343. The van der Waals surface area contributed by atoms with E-state index in [1.807, 2.05) is 19.0 Å². The number of nitrogens with zero attached hydrogens (tertiary/aromatic N) is 4. The van der Waals surface area contributed by atoms with Crippen LogP contribution in [0.3, 0.4) is 0 Å². The van der Waals surface area contributed by atoms with Gasteiger partial charge in [-0.2, -0.15) is 0 Å². The molecule has 0 N–H and O–H groups in total. The summed E-state index contributed by atoms with van der Waals surface area (Å²) in [4.78, 5) is 33.6. The van der Waals surface area contributed by atoms with Gasteiger partial charge >= 0.3 is 0 Å². The van der Waals surface area contributed by atoms with Crippen molar-refractivity contribution in [3.63, 3.8) is 0 Å². The van der Waals surface area contributed by atoms with Crippen LogP contribution in [0.25, 0.3) is 0 Å². The first-order valence-corrected chi connectivity index (χ1v) is 7.19. The monoisotopic (exact) mass is 310 g/mol. The number of hydrogen-bond donors (Lipinski definition) is 0. The number of rotatable bonds is 3. The third-order valence-electron chi connectivity index (χ3n) is 3.31. The van der Waals surface area contributed by atoms with Crippen molar-refractivity contribution in [2.45, 2.75) is 0 Å². The predicted molar refractivity (Wildman–Crippen MR) is 80.3 cm³/mol. The van der Waals surface area contributed by atoms with E-state index in [0.717, 1.165) is 0 Å². The van der Waals surface area contributed by atoms with Crippen LogP contribution in [0, 0.1) is 0 Å². The van der Waals surface area contributed by atoms with Crippen molar-refractivity contribution in [1.82, 2.24) is 19.7 Å². The SMILES string of the molecule is CN(C)CC(=O)N1CCN(C(=O)c2cccc(Cl)n2)CC1. The zero-order valence-electron chi connectivity index (χ0n) is 12.3. The summed E-state index contributed by atoms with van der Waals surface area (Å²) in [5, 5.41) is 0.306. The standard InChI is InChI=1S/C14H19ClN4O2/c1-17(2)10-13(20)18-6-8-19(9-7-18)14(21)11-4-3-5-12(15)16-11/h3-5H,6-10H2,1-2H3. The molecule has 7 heteroatoms. The van der Waals surface area contributed by atoms with Crippen LogP contribution in [-0.2, 0) is 4.79 Å². The van der Waals surface area contributed by atoms with E-state index in [9.17, 15) is 9.59 Å². The Labute approximate surface area is 129 Å². The second-order valence-electron chi connectivity index (χ2n) is 5.26. The lowest BCUT2D eigenvalue weighted by molar-refractivity contribution is -0.133. The molecule has 1 aromatic heterocycles. The van der Waals surface area contributed by atoms with Crippen LogP contribution in [0.5, 0.6) is 0 Å². The minimum atomic E-state index is -0.141. The second-order valence-corrected chi connectivity index (χ2v) is 5.64. The number of pyridine rings is 1. The number of piperazine rings is 1. The fraction of sp³-hybridized carbons (Fsp3) is 0.500. The molecule has 1 fully saturated rings. The average molecular weight is 311 g/mol. The molecule has 114 valence electrons. The van der Waals surface area contributed by atoms with Gasteiger partial charge in [0.25, 0.3) is 5.91 Å². The number of carbonyl (C=O) groups is 2. The van der Waals surface area contributed by atoms with E-state index in [2.05, 4.69) is 4.98 Å². The fourth-order valence-electron chi connectivity index (χ4n) is 2.22. The molecule has 1 saturated heterocycles. The summed E-state index contributed by atoms with van der Waals surface area (Å²) in [7, 11) is 3.73. The van der Waals surface area contributed by atoms with Crippen molar-refractivity contribution in [2.75, 3.05) is 46.8 Å². The summed E-state index contributed by atoms with van der Waals surface area (Å²) in [6.45, 7) is 2.54. The molecule has 0 bridgehead atoms. The van der Waals surface area contributed by atoms with Gasteiger partial charge in [0.05, 0.1) is 6.54 Å². The first-order chi connectivity index (χ1) is 9.97. The zero-order valence-corrected chi connectivity index (χ0v) is 13.0. The molecule has 0 radical (unpaired) electrons. The maximum Gasteiger partial charge on any atom is 0.272 e. The summed E-state index contributed by atoms with van der Waals surface area (Å²) < 4.78 is 0. The minimum Gasteiger partial charge on any atom is -0.338 e. The smallest absolute Gasteiger partial charge is 0.272 e. The van der Waals surface area contributed by atoms with Gasteiger partial charge in [0.2, 0.25) is 5.91 Å². The maximum absolute atomic E-state index is 12.3. The number of hydrogen-bond acceptors (Lipinski definition) is 4. The lowest BCUT2D eigenvalue weighted by atomic mass is 10.2. The van der Waals surface area contributed by atoms with E-state index < -0.39 is 0 Å². The van der Waals surface area contributed by atoms with E-state index in [4.69, 9.17) is 11.6 Å². The van der Waals surface area contributed by atoms with Gasteiger partial charge in [-0.05, 0) is 26.2 Å². The molecule has 1 aliphatic heterocycles. The van der Waals surface area contributed by atoms with Gasteiger partial charge in [-0.25, -0.2) is 4.98 Å². The summed E-state index contributed by atoms with van der Waals surface area (Å²) in [5.74, 6) is -0.0508. The van der Waals surface area contributed by atoms with Crippen LogP contribution in [0.1, 0.15) is 10.5 Å². The summed E-state index contributed by atoms with van der Waals surface area (Å²) in [6.07, 6.45) is 0. The van der Waals surface area contributed by atoms with Crippen molar-refractivity contribution >= 4 is 23.4 Å². The molecule has 2 rings (SSSR count). The molecule has 6 nitrogen and oxygen atoms in total. The van der Waals surface area contributed by atoms with Crippen molar-refractivity contribution in [1.29, 1.82) is 0 Å². The Bertz CT molecular complexity index is 527. The summed E-state index contributed by atoms with van der Waals surface area (Å²) in [6, 6.07) is 4.99. The van der Waals surface area contributed by atoms with Crippen LogP contribution < -0.4 is 0 Å². The van der Waals surface area contributed by atoms with Crippen molar-refractivity contribution in [3.05, 3.63) is 29.0 Å². The van der Waals surface area contributed by atoms with E-state index in [-0.39, 0.29) is 11.8 Å². The highest BCUT2D eigenvalue weighted by Crippen LogP contribution is 2.10. The summed E-state index contributed by atoms with van der Waals surface area (Å²) >= 11 is 5.80. The lowest BCUT2D eigenvalue weighted by Gasteiger charge is -2.35. The molecule has 0 unspecified atom stereocenters. The predicted octanol–water partition coefficient (Wildman–Crippen LogP) is 0.581. The van der Waals surface area contributed by atoms with E-state index in [1.165, 1.54) is 0 Å². The van der Waals surface area contributed by atoms with E-state index >= 15 is 0 Å². The topological polar surface area (TPSA) is 56.8 Å². The normalized spacial score (nSPS) is 15.4. The van der Waals surface area contributed by atoms with Crippen LogP contribution in [0.4, 0.5) is 0 Å². The molecule has 2 heterocycles. The Kier molecular flexibility index (Phi) is 5.14. The molecule has 21 heavy (non-hydrogen) atoms. The van der Waals surface area contributed by atoms with Crippen LogP contribution in [0.2, 0.25) is 5.15 Å². The van der Waals surface area contributed by atoms with Crippen molar-refractivity contribution in [3.8, 4) is 0 Å². The van der Waals surface area contributed by atoms with Crippen LogP contribution in [-0.4, -0.2) is 78.3 Å². The largest absolute Gasteiger partial charge is 0.338 e. The molecule has 0 saturated carbocycles. The zero-order chi connectivity index (χ0) is 15.4. The van der Waals surface area contributed by atoms with E-state index in [1.54, 1.807) is 28.0 Å². The minimum absolute atomic E-state index is 0.0907. The molecule has 0 spiro atoms. The molecule has 2 amide bonds. The Balaban J connectivity index is 1.92. The number of carbonyl (C=O) groups excluding carboxylic acids is 2. The van der Waals surface area contributed by atoms with Crippen molar-refractivity contribution in [2.24, 2.45) is 0 Å². The average Bonchev–Trinajstić information content (AvgIpc) is 2.46. The highest BCUT2D eigenvalue weighted by atomic mass is 35.5. The number of amides is 2. The number of likely N-dealkylation sites (N-methyl/N-ethyl adjacent to an activating group) is 1. The molecule has 0 aliphatic carbocycles. The first kappa shape index (κ1) is 15.7. The lowest BCUT2D eigenvalue weighted by Crippen LogP contribution is -2.52. The van der Waals surface area contributed by atoms with Gasteiger partial charge in [-0.3, -0.25) is 9.59 Å². The van der Waals surface area contributed by atoms with Gasteiger partial charge in [0.1, 0.15) is 10.8 Å². The van der Waals surface area contributed by atoms with Crippen LogP contribution >= 0.6 is 11.6 Å². The van der Waals surface area contributed by atoms with Crippen LogP contribution in [0.15, 0.2) is 18.2 Å². The molecule has 0 atom stereocenters. The Morgan fingerprint density at radius 1 is 1.19 bits per heavy atom. The van der Waals surface area contributed by atoms with E-state index in [0.29, 0.717) is 43.6 Å². The quantitative estimate of drug-likeness (QED) is 0.767. The van der Waals surface area contributed by atoms with Gasteiger partial charge in [0, 0.05) is 26.2 Å². The van der Waals surface area contributed by atoms with Gasteiger partial charge in [0.15, 0.2) is 0 Å². The number of aromatic nitrogens is 1. The highest BCUT2D eigenvalue weighted by Gasteiger charge is 2.25. The van der Waals surface area contributed by atoms with Gasteiger partial charge < -0.3 is 14.7 Å². The highest BCUT2D eigenvalue weighted by molar-refractivity contribution is 6.29. The fourth-order valence-corrected chi connectivity index (χ4v) is 2.38. The molecular weight excluding hydrogens is 292 g/mol. The third kappa shape index (κ3) is 4.15. The van der Waals surface area contributed by atoms with Gasteiger partial charge in [-0.1, -0.05) is 17.7 Å². The Hall–Kier alpha value is -1.66. The Morgan fingerprint density at radius 3 is 2.38 bits per heavy atom. The number of halogens is 1. The van der Waals surface area contributed by atoms with Crippen molar-refractivity contribution < 1.29 is 9.59 Å². The molecular formula is C14H19ClN4O2. The Morgan fingerprint density at radius 2 is 1.81 bits per heavy atom. The molecule has 1 aliphatic rings.